The summed E-state index contributed by atoms with van der Waals surface area (Å²) >= 11 is 5.85. The molecule has 2 aromatic heterocycles. The predicted molar refractivity (Wildman–Crippen MR) is 78.7 cm³/mol. The van der Waals surface area contributed by atoms with Gasteiger partial charge in [-0.3, -0.25) is 0 Å². The zero-order valence-corrected chi connectivity index (χ0v) is 11.5. The third-order valence-electron chi connectivity index (χ3n) is 2.93. The maximum atomic E-state index is 8.86. The van der Waals surface area contributed by atoms with Crippen molar-refractivity contribution in [3.63, 3.8) is 0 Å². The highest BCUT2D eigenvalue weighted by Gasteiger charge is 2.10. The van der Waals surface area contributed by atoms with Gasteiger partial charge in [-0.05, 0) is 24.3 Å². The van der Waals surface area contributed by atoms with Crippen LogP contribution in [-0.2, 0) is 0 Å². The van der Waals surface area contributed by atoms with Gasteiger partial charge in [-0.1, -0.05) is 23.7 Å². The summed E-state index contributed by atoms with van der Waals surface area (Å²) < 4.78 is 1.37. The summed E-state index contributed by atoms with van der Waals surface area (Å²) in [6.07, 6.45) is 1.39. The Morgan fingerprint density at radius 2 is 1.86 bits per heavy atom. The van der Waals surface area contributed by atoms with Crippen LogP contribution >= 0.6 is 11.6 Å². The number of nitriles is 1. The van der Waals surface area contributed by atoms with Crippen LogP contribution in [-0.4, -0.2) is 20.0 Å². The van der Waals surface area contributed by atoms with E-state index in [0.717, 1.165) is 5.56 Å². The summed E-state index contributed by atoms with van der Waals surface area (Å²) in [5.74, 6) is 0.692. The molecule has 0 unspecified atom stereocenters. The van der Waals surface area contributed by atoms with Crippen molar-refractivity contribution < 1.29 is 0 Å². The smallest absolute Gasteiger partial charge is 0.178 e. The first kappa shape index (κ1) is 13.1. The summed E-state index contributed by atoms with van der Waals surface area (Å²) in [5, 5.41) is 21.8. The van der Waals surface area contributed by atoms with Gasteiger partial charge in [-0.15, -0.1) is 10.2 Å². The molecule has 7 heteroatoms. The predicted octanol–water partition coefficient (Wildman–Crippen LogP) is 2.44. The summed E-state index contributed by atoms with van der Waals surface area (Å²) in [6.45, 7) is 0. The molecule has 0 aliphatic heterocycles. The van der Waals surface area contributed by atoms with E-state index >= 15 is 0 Å². The number of nitrogens with zero attached hydrogens (tertiary/aromatic N) is 5. The van der Waals surface area contributed by atoms with E-state index in [1.807, 2.05) is 18.2 Å². The van der Waals surface area contributed by atoms with E-state index in [2.05, 4.69) is 15.3 Å². The first-order chi connectivity index (χ1) is 10.2. The monoisotopic (exact) mass is 296 g/mol. The molecular formula is C14H9ClN6. The number of hydrogen-bond acceptors (Lipinski definition) is 5. The number of hydrogen-bond donors (Lipinski definition) is 1. The van der Waals surface area contributed by atoms with Crippen LogP contribution in [0.25, 0.3) is 17.1 Å². The van der Waals surface area contributed by atoms with Crippen molar-refractivity contribution in [2.24, 2.45) is 0 Å². The minimum atomic E-state index is 0.242. The molecule has 3 aromatic rings. The molecule has 3 rings (SSSR count). The number of anilines is 1. The second-order valence-electron chi connectivity index (χ2n) is 4.25. The van der Waals surface area contributed by atoms with Crippen molar-refractivity contribution in [1.82, 2.24) is 20.0 Å². The van der Waals surface area contributed by atoms with Crippen LogP contribution in [0.4, 0.5) is 5.82 Å². The molecule has 0 saturated heterocycles. The van der Waals surface area contributed by atoms with Crippen molar-refractivity contribution in [2.75, 3.05) is 5.73 Å². The lowest BCUT2D eigenvalue weighted by Gasteiger charge is -2.04. The first-order valence-corrected chi connectivity index (χ1v) is 6.40. The van der Waals surface area contributed by atoms with Crippen LogP contribution in [0.1, 0.15) is 5.56 Å². The molecule has 2 N–H and O–H groups in total. The Labute approximate surface area is 125 Å². The van der Waals surface area contributed by atoms with Crippen molar-refractivity contribution in [3.05, 3.63) is 53.2 Å². The SMILES string of the molecule is N#Cc1cnn(-c2ccc(-c3ccc(Cl)cc3)nn2)c1N. The molecular weight excluding hydrogens is 288 g/mol. The Bertz CT molecular complexity index is 814. The second kappa shape index (κ2) is 5.23. The molecule has 0 aliphatic carbocycles. The molecule has 0 fully saturated rings. The summed E-state index contributed by atoms with van der Waals surface area (Å²) in [7, 11) is 0. The maximum Gasteiger partial charge on any atom is 0.178 e. The van der Waals surface area contributed by atoms with Gasteiger partial charge < -0.3 is 5.73 Å². The van der Waals surface area contributed by atoms with Gasteiger partial charge in [0.2, 0.25) is 0 Å². The lowest BCUT2D eigenvalue weighted by Crippen LogP contribution is -2.05. The highest BCUT2D eigenvalue weighted by atomic mass is 35.5. The highest BCUT2D eigenvalue weighted by molar-refractivity contribution is 6.30. The van der Waals surface area contributed by atoms with Crippen LogP contribution in [0.5, 0.6) is 0 Å². The normalized spacial score (nSPS) is 10.3. The summed E-state index contributed by atoms with van der Waals surface area (Å²) in [6, 6.07) is 12.8. The number of halogens is 1. The second-order valence-corrected chi connectivity index (χ2v) is 4.69. The summed E-state index contributed by atoms with van der Waals surface area (Å²) in [4.78, 5) is 0. The van der Waals surface area contributed by atoms with E-state index in [0.29, 0.717) is 22.1 Å². The van der Waals surface area contributed by atoms with Crippen molar-refractivity contribution >= 4 is 17.4 Å². The summed E-state index contributed by atoms with van der Waals surface area (Å²) in [5.41, 5.74) is 7.73. The van der Waals surface area contributed by atoms with E-state index in [-0.39, 0.29) is 5.82 Å². The molecule has 0 atom stereocenters. The molecule has 0 saturated carbocycles. The topological polar surface area (TPSA) is 93.4 Å². The average Bonchev–Trinajstić information content (AvgIpc) is 2.89. The van der Waals surface area contributed by atoms with Gasteiger partial charge in [-0.25, -0.2) is 0 Å². The molecule has 0 spiro atoms. The standard InChI is InChI=1S/C14H9ClN6/c15-11-3-1-9(2-4-11)12-5-6-13(20-19-12)21-14(17)10(7-16)8-18-21/h1-6,8H,17H2. The lowest BCUT2D eigenvalue weighted by atomic mass is 10.1. The third kappa shape index (κ3) is 2.42. The minimum absolute atomic E-state index is 0.242. The minimum Gasteiger partial charge on any atom is -0.382 e. The van der Waals surface area contributed by atoms with E-state index in [1.165, 1.54) is 10.9 Å². The van der Waals surface area contributed by atoms with E-state index in [9.17, 15) is 0 Å². The number of nitrogen functional groups attached to an aromatic ring is 1. The Hall–Kier alpha value is -2.91. The molecule has 21 heavy (non-hydrogen) atoms. The Morgan fingerprint density at radius 1 is 1.10 bits per heavy atom. The molecule has 2 heterocycles. The molecule has 102 valence electrons. The lowest BCUT2D eigenvalue weighted by molar-refractivity contribution is 0.824. The van der Waals surface area contributed by atoms with Crippen molar-refractivity contribution in [2.45, 2.75) is 0 Å². The van der Waals surface area contributed by atoms with E-state index in [1.54, 1.807) is 24.3 Å². The van der Waals surface area contributed by atoms with Crippen LogP contribution in [0, 0.1) is 11.3 Å². The highest BCUT2D eigenvalue weighted by Crippen LogP contribution is 2.20. The van der Waals surface area contributed by atoms with Gasteiger partial charge in [-0.2, -0.15) is 15.0 Å². The van der Waals surface area contributed by atoms with Gasteiger partial charge in [0.15, 0.2) is 5.82 Å². The maximum absolute atomic E-state index is 8.86. The number of rotatable bonds is 2. The third-order valence-corrected chi connectivity index (χ3v) is 3.19. The van der Waals surface area contributed by atoms with Crippen LogP contribution < -0.4 is 5.73 Å². The molecule has 0 aliphatic rings. The van der Waals surface area contributed by atoms with Gasteiger partial charge in [0.05, 0.1) is 11.9 Å². The number of nitrogens with two attached hydrogens (primary N) is 1. The zero-order chi connectivity index (χ0) is 14.8. The van der Waals surface area contributed by atoms with E-state index < -0.39 is 0 Å². The van der Waals surface area contributed by atoms with Gasteiger partial charge >= 0.3 is 0 Å². The Balaban J connectivity index is 1.95. The molecule has 0 radical (unpaired) electrons. The Kier molecular flexibility index (Phi) is 3.26. The number of aromatic nitrogens is 4. The van der Waals surface area contributed by atoms with Crippen molar-refractivity contribution in [3.8, 4) is 23.1 Å². The van der Waals surface area contributed by atoms with Crippen molar-refractivity contribution in [1.29, 1.82) is 5.26 Å². The Morgan fingerprint density at radius 3 is 2.43 bits per heavy atom. The van der Waals surface area contributed by atoms with Gasteiger partial charge in [0.25, 0.3) is 0 Å². The molecule has 0 bridgehead atoms. The number of benzene rings is 1. The fourth-order valence-corrected chi connectivity index (χ4v) is 1.97. The average molecular weight is 297 g/mol. The van der Waals surface area contributed by atoms with Gasteiger partial charge in [0, 0.05) is 10.6 Å². The molecule has 1 aromatic carbocycles. The molecule has 6 nitrogen and oxygen atoms in total. The fourth-order valence-electron chi connectivity index (χ4n) is 1.84. The quantitative estimate of drug-likeness (QED) is 0.784. The largest absolute Gasteiger partial charge is 0.382 e. The zero-order valence-electron chi connectivity index (χ0n) is 10.7. The molecule has 0 amide bonds. The van der Waals surface area contributed by atoms with Gasteiger partial charge in [0.1, 0.15) is 17.5 Å². The van der Waals surface area contributed by atoms with Crippen LogP contribution in [0.2, 0.25) is 5.02 Å². The fraction of sp³-hybridized carbons (Fsp3) is 0. The van der Waals surface area contributed by atoms with E-state index in [4.69, 9.17) is 22.6 Å². The van der Waals surface area contributed by atoms with Crippen LogP contribution in [0.3, 0.4) is 0 Å². The van der Waals surface area contributed by atoms with Crippen LogP contribution in [0.15, 0.2) is 42.6 Å². The first-order valence-electron chi connectivity index (χ1n) is 6.02.